The molecule has 0 spiro atoms. The number of piperidine rings is 1. The minimum Gasteiger partial charge on any atom is -0.395 e. The smallest absolute Gasteiger partial charge is 0.0558 e. The molecule has 0 radical (unpaired) electrons. The summed E-state index contributed by atoms with van der Waals surface area (Å²) in [6.45, 7) is 7.08. The zero-order valence-corrected chi connectivity index (χ0v) is 8.54. The predicted octanol–water partition coefficient (Wildman–Crippen LogP) is 0.727. The number of hydrogen-bond donors (Lipinski definition) is 1. The molecule has 0 amide bonds. The number of rotatable bonds is 5. The lowest BCUT2D eigenvalue weighted by molar-refractivity contribution is 0.0610. The first-order valence-electron chi connectivity index (χ1n) is 5.27. The lowest BCUT2D eigenvalue weighted by Gasteiger charge is -2.31. The molecule has 1 fully saturated rings. The second-order valence-electron chi connectivity index (χ2n) is 3.69. The quantitative estimate of drug-likeness (QED) is 0.688. The molecule has 0 aliphatic carbocycles. The molecule has 1 rings (SSSR count). The molecule has 13 heavy (non-hydrogen) atoms. The van der Waals surface area contributed by atoms with Crippen molar-refractivity contribution in [3.63, 3.8) is 0 Å². The van der Waals surface area contributed by atoms with Crippen LogP contribution in [0.1, 0.15) is 19.8 Å². The van der Waals surface area contributed by atoms with Gasteiger partial charge in [-0.1, -0.05) is 0 Å². The van der Waals surface area contributed by atoms with Crippen molar-refractivity contribution >= 4 is 0 Å². The van der Waals surface area contributed by atoms with Crippen molar-refractivity contribution in [2.24, 2.45) is 5.92 Å². The number of likely N-dealkylation sites (tertiary alicyclic amines) is 1. The Morgan fingerprint density at radius 2 is 2.38 bits per heavy atom. The van der Waals surface area contributed by atoms with Gasteiger partial charge in [-0.3, -0.25) is 0 Å². The van der Waals surface area contributed by atoms with Gasteiger partial charge in [-0.2, -0.15) is 0 Å². The Bertz CT molecular complexity index is 128. The van der Waals surface area contributed by atoms with Gasteiger partial charge in [0.15, 0.2) is 0 Å². The van der Waals surface area contributed by atoms with E-state index in [4.69, 9.17) is 9.84 Å². The van der Waals surface area contributed by atoms with Crippen LogP contribution in [-0.4, -0.2) is 49.5 Å². The summed E-state index contributed by atoms with van der Waals surface area (Å²) in [5.74, 6) is 0.681. The summed E-state index contributed by atoms with van der Waals surface area (Å²) in [6, 6.07) is 0. The third-order valence-electron chi connectivity index (χ3n) is 2.58. The highest BCUT2D eigenvalue weighted by Gasteiger charge is 2.18. The molecule has 1 saturated heterocycles. The van der Waals surface area contributed by atoms with Gasteiger partial charge in [0, 0.05) is 19.7 Å². The average molecular weight is 187 g/mol. The minimum atomic E-state index is 0.279. The Labute approximate surface area is 80.7 Å². The largest absolute Gasteiger partial charge is 0.395 e. The maximum Gasteiger partial charge on any atom is 0.0558 e. The fourth-order valence-corrected chi connectivity index (χ4v) is 1.92. The van der Waals surface area contributed by atoms with Crippen molar-refractivity contribution in [1.82, 2.24) is 4.90 Å². The highest BCUT2D eigenvalue weighted by atomic mass is 16.5. The van der Waals surface area contributed by atoms with Crippen molar-refractivity contribution in [1.29, 1.82) is 0 Å². The van der Waals surface area contributed by atoms with E-state index in [9.17, 15) is 0 Å². The monoisotopic (exact) mass is 187 g/mol. The van der Waals surface area contributed by atoms with Gasteiger partial charge in [0.2, 0.25) is 0 Å². The number of nitrogens with zero attached hydrogens (tertiary/aromatic N) is 1. The Morgan fingerprint density at radius 1 is 1.54 bits per heavy atom. The second kappa shape index (κ2) is 6.35. The van der Waals surface area contributed by atoms with Crippen molar-refractivity contribution in [2.75, 3.05) is 39.5 Å². The second-order valence-corrected chi connectivity index (χ2v) is 3.69. The standard InChI is InChI=1S/C10H21NO2/c1-2-13-9-10-4-3-5-11(8-10)6-7-12/h10,12H,2-9H2,1H3. The molecular weight excluding hydrogens is 166 g/mol. The van der Waals surface area contributed by atoms with Crippen molar-refractivity contribution in [2.45, 2.75) is 19.8 Å². The number of ether oxygens (including phenoxy) is 1. The summed E-state index contributed by atoms with van der Waals surface area (Å²) in [5.41, 5.74) is 0. The Morgan fingerprint density at radius 3 is 3.08 bits per heavy atom. The predicted molar refractivity (Wildman–Crippen MR) is 52.7 cm³/mol. The summed E-state index contributed by atoms with van der Waals surface area (Å²) < 4.78 is 5.41. The molecule has 3 heteroatoms. The molecule has 0 bridgehead atoms. The molecule has 1 heterocycles. The van der Waals surface area contributed by atoms with Gasteiger partial charge in [0.1, 0.15) is 0 Å². The molecule has 1 aliphatic heterocycles. The average Bonchev–Trinajstić information content (AvgIpc) is 2.16. The van der Waals surface area contributed by atoms with Crippen LogP contribution < -0.4 is 0 Å². The number of β-amino-alcohol motifs (C(OH)–C–C–N with tert-alkyl or cyclic N) is 1. The first-order chi connectivity index (χ1) is 6.36. The zero-order chi connectivity index (χ0) is 9.52. The molecule has 0 aromatic rings. The van der Waals surface area contributed by atoms with Crippen LogP contribution >= 0.6 is 0 Å². The van der Waals surface area contributed by atoms with Crippen LogP contribution in [0, 0.1) is 5.92 Å². The minimum absolute atomic E-state index is 0.279. The fourth-order valence-electron chi connectivity index (χ4n) is 1.92. The van der Waals surface area contributed by atoms with Gasteiger partial charge in [-0.05, 0) is 32.2 Å². The third kappa shape index (κ3) is 4.07. The molecule has 1 atom stereocenters. The van der Waals surface area contributed by atoms with Gasteiger partial charge in [-0.15, -0.1) is 0 Å². The van der Waals surface area contributed by atoms with E-state index in [-0.39, 0.29) is 6.61 Å². The van der Waals surface area contributed by atoms with Crippen LogP contribution in [0.5, 0.6) is 0 Å². The molecule has 1 unspecified atom stereocenters. The van der Waals surface area contributed by atoms with E-state index in [1.807, 2.05) is 6.92 Å². The van der Waals surface area contributed by atoms with Gasteiger partial charge in [0.05, 0.1) is 13.2 Å². The van der Waals surface area contributed by atoms with Gasteiger partial charge in [-0.25, -0.2) is 0 Å². The van der Waals surface area contributed by atoms with Crippen molar-refractivity contribution in [3.05, 3.63) is 0 Å². The topological polar surface area (TPSA) is 32.7 Å². The normalized spacial score (nSPS) is 24.9. The zero-order valence-electron chi connectivity index (χ0n) is 8.54. The molecule has 78 valence electrons. The van der Waals surface area contributed by atoms with Crippen LogP contribution in [-0.2, 0) is 4.74 Å². The van der Waals surface area contributed by atoms with Crippen molar-refractivity contribution < 1.29 is 9.84 Å². The molecular formula is C10H21NO2. The van der Waals surface area contributed by atoms with E-state index >= 15 is 0 Å². The third-order valence-corrected chi connectivity index (χ3v) is 2.58. The molecule has 0 aromatic carbocycles. The van der Waals surface area contributed by atoms with E-state index in [1.165, 1.54) is 12.8 Å². The fraction of sp³-hybridized carbons (Fsp3) is 1.00. The first kappa shape index (κ1) is 11.0. The van der Waals surface area contributed by atoms with Crippen LogP contribution in [0.2, 0.25) is 0 Å². The highest BCUT2D eigenvalue weighted by molar-refractivity contribution is 4.72. The van der Waals surface area contributed by atoms with Crippen molar-refractivity contribution in [3.8, 4) is 0 Å². The van der Waals surface area contributed by atoms with Crippen LogP contribution in [0.4, 0.5) is 0 Å². The highest BCUT2D eigenvalue weighted by Crippen LogP contribution is 2.16. The molecule has 3 nitrogen and oxygen atoms in total. The summed E-state index contributed by atoms with van der Waals surface area (Å²) in [5, 5.41) is 8.81. The van der Waals surface area contributed by atoms with E-state index in [0.29, 0.717) is 5.92 Å². The van der Waals surface area contributed by atoms with Gasteiger partial charge >= 0.3 is 0 Å². The number of aliphatic hydroxyl groups is 1. The summed E-state index contributed by atoms with van der Waals surface area (Å²) in [4.78, 5) is 2.33. The Hall–Kier alpha value is -0.120. The molecule has 1 aliphatic rings. The van der Waals surface area contributed by atoms with E-state index < -0.39 is 0 Å². The molecule has 1 N–H and O–H groups in total. The lowest BCUT2D eigenvalue weighted by atomic mass is 9.99. The maximum absolute atomic E-state index is 8.81. The lowest BCUT2D eigenvalue weighted by Crippen LogP contribution is -2.38. The van der Waals surface area contributed by atoms with Crippen LogP contribution in [0.3, 0.4) is 0 Å². The van der Waals surface area contributed by atoms with E-state index in [0.717, 1.165) is 32.8 Å². The van der Waals surface area contributed by atoms with Crippen LogP contribution in [0.15, 0.2) is 0 Å². The maximum atomic E-state index is 8.81. The van der Waals surface area contributed by atoms with Gasteiger partial charge in [0.25, 0.3) is 0 Å². The van der Waals surface area contributed by atoms with E-state index in [2.05, 4.69) is 4.90 Å². The SMILES string of the molecule is CCOCC1CCCN(CCO)C1. The van der Waals surface area contributed by atoms with E-state index in [1.54, 1.807) is 0 Å². The first-order valence-corrected chi connectivity index (χ1v) is 5.27. The molecule has 0 saturated carbocycles. The summed E-state index contributed by atoms with van der Waals surface area (Å²) in [7, 11) is 0. The molecule has 0 aromatic heterocycles. The summed E-state index contributed by atoms with van der Waals surface area (Å²) >= 11 is 0. The summed E-state index contributed by atoms with van der Waals surface area (Å²) in [6.07, 6.45) is 2.53. The van der Waals surface area contributed by atoms with Crippen LogP contribution in [0.25, 0.3) is 0 Å². The number of hydrogen-bond acceptors (Lipinski definition) is 3. The number of aliphatic hydroxyl groups excluding tert-OH is 1. The Balaban J connectivity index is 2.16. The Kier molecular flexibility index (Phi) is 5.35. The van der Waals surface area contributed by atoms with Gasteiger partial charge < -0.3 is 14.7 Å².